The molecule has 78 valence electrons. The smallest absolute Gasteiger partial charge is 0.172 e. The largest absolute Gasteiger partial charge is 0.381 e. The first-order valence-electron chi connectivity index (χ1n) is 4.26. The lowest BCUT2D eigenvalue weighted by Crippen LogP contribution is -1.86. The van der Waals surface area contributed by atoms with Crippen LogP contribution in [0.4, 0.5) is 10.2 Å². The van der Waals surface area contributed by atoms with E-state index in [1.807, 2.05) is 0 Å². The van der Waals surface area contributed by atoms with E-state index in [1.165, 1.54) is 18.2 Å². The van der Waals surface area contributed by atoms with E-state index in [4.69, 9.17) is 21.9 Å². The van der Waals surface area contributed by atoms with Crippen molar-refractivity contribution in [2.45, 2.75) is 6.92 Å². The van der Waals surface area contributed by atoms with E-state index in [0.717, 1.165) is 0 Å². The standard InChI is InChI=1S/C10H8ClFN2O/c1-5-2-8(12)6(3-7(5)11)9-4-10(13)14-15-9/h2-4H,1H3,(H2,13,14). The van der Waals surface area contributed by atoms with Crippen molar-refractivity contribution >= 4 is 17.4 Å². The van der Waals surface area contributed by atoms with Gasteiger partial charge in [-0.05, 0) is 24.6 Å². The summed E-state index contributed by atoms with van der Waals surface area (Å²) in [7, 11) is 0. The van der Waals surface area contributed by atoms with Gasteiger partial charge in [-0.25, -0.2) is 4.39 Å². The number of aromatic nitrogens is 1. The van der Waals surface area contributed by atoms with Crippen LogP contribution in [0, 0.1) is 12.7 Å². The highest BCUT2D eigenvalue weighted by Crippen LogP contribution is 2.29. The van der Waals surface area contributed by atoms with Crippen molar-refractivity contribution in [3.05, 3.63) is 34.6 Å². The van der Waals surface area contributed by atoms with E-state index in [9.17, 15) is 4.39 Å². The van der Waals surface area contributed by atoms with Gasteiger partial charge >= 0.3 is 0 Å². The molecule has 2 aromatic rings. The Hall–Kier alpha value is -1.55. The summed E-state index contributed by atoms with van der Waals surface area (Å²) in [4.78, 5) is 0. The van der Waals surface area contributed by atoms with E-state index >= 15 is 0 Å². The summed E-state index contributed by atoms with van der Waals surface area (Å²) in [6.45, 7) is 1.73. The van der Waals surface area contributed by atoms with Gasteiger partial charge in [0, 0.05) is 11.1 Å². The number of hydrogen-bond donors (Lipinski definition) is 1. The normalized spacial score (nSPS) is 10.6. The molecule has 0 bridgehead atoms. The molecule has 0 spiro atoms. The number of rotatable bonds is 1. The Kier molecular flexibility index (Phi) is 2.36. The van der Waals surface area contributed by atoms with Crippen molar-refractivity contribution in [2.24, 2.45) is 0 Å². The predicted octanol–water partition coefficient (Wildman–Crippen LogP) is 3.02. The maximum atomic E-state index is 13.5. The summed E-state index contributed by atoms with van der Waals surface area (Å²) in [5.74, 6) is 0.0704. The molecule has 2 rings (SSSR count). The Morgan fingerprint density at radius 2 is 2.13 bits per heavy atom. The Labute approximate surface area is 90.6 Å². The van der Waals surface area contributed by atoms with Crippen LogP contribution in [0.2, 0.25) is 5.02 Å². The fourth-order valence-corrected chi connectivity index (χ4v) is 1.41. The highest BCUT2D eigenvalue weighted by molar-refractivity contribution is 6.31. The zero-order chi connectivity index (χ0) is 11.0. The minimum atomic E-state index is -0.409. The van der Waals surface area contributed by atoms with E-state index in [2.05, 4.69) is 5.16 Å². The molecule has 2 N–H and O–H groups in total. The molecule has 0 aliphatic heterocycles. The molecule has 0 unspecified atom stereocenters. The van der Waals surface area contributed by atoms with Crippen molar-refractivity contribution in [1.82, 2.24) is 5.16 Å². The molecule has 1 heterocycles. The molecule has 15 heavy (non-hydrogen) atoms. The summed E-state index contributed by atoms with van der Waals surface area (Å²) >= 11 is 5.88. The number of nitrogens with two attached hydrogens (primary N) is 1. The molecule has 0 fully saturated rings. The highest BCUT2D eigenvalue weighted by Gasteiger charge is 2.12. The van der Waals surface area contributed by atoms with E-state index < -0.39 is 5.82 Å². The number of nitrogen functional groups attached to an aromatic ring is 1. The van der Waals surface area contributed by atoms with E-state index in [1.54, 1.807) is 6.92 Å². The van der Waals surface area contributed by atoms with Crippen molar-refractivity contribution in [2.75, 3.05) is 5.73 Å². The second-order valence-electron chi connectivity index (χ2n) is 3.20. The second-order valence-corrected chi connectivity index (χ2v) is 3.60. The average Bonchev–Trinajstić information content (AvgIpc) is 2.58. The average molecular weight is 227 g/mol. The minimum absolute atomic E-state index is 0.209. The van der Waals surface area contributed by atoms with Gasteiger partial charge in [-0.15, -0.1) is 0 Å². The van der Waals surface area contributed by atoms with Crippen LogP contribution in [0.3, 0.4) is 0 Å². The Morgan fingerprint density at radius 1 is 1.40 bits per heavy atom. The topological polar surface area (TPSA) is 52.0 Å². The molecule has 1 aromatic carbocycles. The first-order chi connectivity index (χ1) is 7.08. The van der Waals surface area contributed by atoms with Gasteiger partial charge in [-0.3, -0.25) is 0 Å². The molecule has 0 radical (unpaired) electrons. The first kappa shape index (κ1) is 9.98. The van der Waals surface area contributed by atoms with E-state index in [0.29, 0.717) is 10.6 Å². The number of anilines is 1. The van der Waals surface area contributed by atoms with Gasteiger partial charge in [0.25, 0.3) is 0 Å². The SMILES string of the molecule is Cc1cc(F)c(-c2cc(N)no2)cc1Cl. The van der Waals surface area contributed by atoms with Crippen LogP contribution in [0.5, 0.6) is 0 Å². The second kappa shape index (κ2) is 3.55. The summed E-state index contributed by atoms with van der Waals surface area (Å²) in [5, 5.41) is 3.95. The molecule has 1 aromatic heterocycles. The van der Waals surface area contributed by atoms with Crippen LogP contribution < -0.4 is 5.73 Å². The molecule has 0 saturated carbocycles. The molecule has 0 atom stereocenters. The number of hydrogen-bond acceptors (Lipinski definition) is 3. The van der Waals surface area contributed by atoms with Gasteiger partial charge in [-0.2, -0.15) is 0 Å². The maximum absolute atomic E-state index is 13.5. The van der Waals surface area contributed by atoms with Crippen molar-refractivity contribution < 1.29 is 8.91 Å². The van der Waals surface area contributed by atoms with Crippen molar-refractivity contribution in [1.29, 1.82) is 0 Å². The van der Waals surface area contributed by atoms with Crippen LogP contribution >= 0.6 is 11.6 Å². The predicted molar refractivity (Wildman–Crippen MR) is 56.1 cm³/mol. The number of benzene rings is 1. The fourth-order valence-electron chi connectivity index (χ4n) is 1.25. The lowest BCUT2D eigenvalue weighted by Gasteiger charge is -2.02. The van der Waals surface area contributed by atoms with E-state index in [-0.39, 0.29) is 17.1 Å². The summed E-state index contributed by atoms with van der Waals surface area (Å²) < 4.78 is 18.4. The third-order valence-corrected chi connectivity index (χ3v) is 2.45. The van der Waals surface area contributed by atoms with Gasteiger partial charge in [0.2, 0.25) is 0 Å². The quantitative estimate of drug-likeness (QED) is 0.813. The van der Waals surface area contributed by atoms with Crippen LogP contribution in [-0.4, -0.2) is 5.16 Å². The molecule has 0 aliphatic carbocycles. The molecular weight excluding hydrogens is 219 g/mol. The lowest BCUT2D eigenvalue weighted by molar-refractivity contribution is 0.433. The third kappa shape index (κ3) is 1.80. The van der Waals surface area contributed by atoms with Crippen LogP contribution in [0.15, 0.2) is 22.7 Å². The molecular formula is C10H8ClFN2O. The Bertz CT molecular complexity index is 510. The highest BCUT2D eigenvalue weighted by atomic mass is 35.5. The fraction of sp³-hybridized carbons (Fsp3) is 0.100. The van der Waals surface area contributed by atoms with Crippen molar-refractivity contribution in [3.63, 3.8) is 0 Å². The van der Waals surface area contributed by atoms with Gasteiger partial charge in [0.15, 0.2) is 11.6 Å². The van der Waals surface area contributed by atoms with Crippen molar-refractivity contribution in [3.8, 4) is 11.3 Å². The number of nitrogens with zero attached hydrogens (tertiary/aromatic N) is 1. The molecule has 5 heteroatoms. The molecule has 0 amide bonds. The zero-order valence-corrected chi connectivity index (χ0v) is 8.68. The van der Waals surface area contributed by atoms with Gasteiger partial charge < -0.3 is 10.3 Å². The Balaban J connectivity index is 2.58. The first-order valence-corrected chi connectivity index (χ1v) is 4.64. The van der Waals surface area contributed by atoms with Crippen LogP contribution in [-0.2, 0) is 0 Å². The molecule has 0 saturated heterocycles. The monoisotopic (exact) mass is 226 g/mol. The number of halogens is 2. The summed E-state index contributed by atoms with van der Waals surface area (Å²) in [6, 6.07) is 4.28. The third-order valence-electron chi connectivity index (χ3n) is 2.04. The zero-order valence-electron chi connectivity index (χ0n) is 7.92. The number of aryl methyl sites for hydroxylation is 1. The summed E-state index contributed by atoms with van der Waals surface area (Å²) in [6.07, 6.45) is 0. The minimum Gasteiger partial charge on any atom is -0.381 e. The molecule has 0 aliphatic rings. The Morgan fingerprint density at radius 3 is 2.73 bits per heavy atom. The molecule has 3 nitrogen and oxygen atoms in total. The summed E-state index contributed by atoms with van der Waals surface area (Å²) in [5.41, 5.74) is 6.30. The van der Waals surface area contributed by atoms with Crippen LogP contribution in [0.25, 0.3) is 11.3 Å². The van der Waals surface area contributed by atoms with Gasteiger partial charge in [0.05, 0.1) is 5.56 Å². The van der Waals surface area contributed by atoms with Gasteiger partial charge in [-0.1, -0.05) is 16.8 Å². The van der Waals surface area contributed by atoms with Crippen LogP contribution in [0.1, 0.15) is 5.56 Å². The lowest BCUT2D eigenvalue weighted by atomic mass is 10.1. The van der Waals surface area contributed by atoms with Gasteiger partial charge in [0.1, 0.15) is 5.82 Å². The maximum Gasteiger partial charge on any atom is 0.172 e.